The highest BCUT2D eigenvalue weighted by atomic mass is 32.2. The molecular formula is C20H19N3OS. The number of carbonyl (C=O) groups is 1. The van der Waals surface area contributed by atoms with E-state index in [-0.39, 0.29) is 11.9 Å². The van der Waals surface area contributed by atoms with Gasteiger partial charge < -0.3 is 5.32 Å². The number of amides is 1. The van der Waals surface area contributed by atoms with Crippen LogP contribution in [-0.2, 0) is 4.79 Å². The maximum atomic E-state index is 12.1. The largest absolute Gasteiger partial charge is 0.349 e. The lowest BCUT2D eigenvalue weighted by Gasteiger charge is -2.13. The molecule has 0 spiro atoms. The van der Waals surface area contributed by atoms with Crippen LogP contribution in [0.25, 0.3) is 11.3 Å². The van der Waals surface area contributed by atoms with Crippen LogP contribution in [0.1, 0.15) is 18.5 Å². The molecule has 0 fully saturated rings. The van der Waals surface area contributed by atoms with Crippen molar-refractivity contribution in [1.82, 2.24) is 15.5 Å². The van der Waals surface area contributed by atoms with Crippen molar-refractivity contribution in [1.29, 1.82) is 0 Å². The first-order chi connectivity index (χ1) is 12.2. The van der Waals surface area contributed by atoms with E-state index >= 15 is 0 Å². The summed E-state index contributed by atoms with van der Waals surface area (Å²) in [5.41, 5.74) is 2.95. The number of nitrogens with zero attached hydrogens (tertiary/aromatic N) is 2. The Morgan fingerprint density at radius 1 is 0.960 bits per heavy atom. The molecule has 4 nitrogen and oxygen atoms in total. The highest BCUT2D eigenvalue weighted by Crippen LogP contribution is 2.19. The molecule has 5 heteroatoms. The van der Waals surface area contributed by atoms with E-state index < -0.39 is 0 Å². The van der Waals surface area contributed by atoms with Crippen LogP contribution < -0.4 is 5.32 Å². The maximum absolute atomic E-state index is 12.1. The van der Waals surface area contributed by atoms with Crippen molar-refractivity contribution < 1.29 is 4.79 Å². The number of benzene rings is 2. The third-order valence-electron chi connectivity index (χ3n) is 3.74. The summed E-state index contributed by atoms with van der Waals surface area (Å²) in [5, 5.41) is 12.2. The average Bonchev–Trinajstić information content (AvgIpc) is 2.68. The van der Waals surface area contributed by atoms with E-state index in [9.17, 15) is 4.79 Å². The van der Waals surface area contributed by atoms with Crippen LogP contribution >= 0.6 is 11.8 Å². The van der Waals surface area contributed by atoms with E-state index in [0.717, 1.165) is 21.8 Å². The highest BCUT2D eigenvalue weighted by Gasteiger charge is 2.10. The van der Waals surface area contributed by atoms with Crippen LogP contribution in [0.2, 0.25) is 0 Å². The molecule has 3 rings (SSSR count). The van der Waals surface area contributed by atoms with Crippen molar-refractivity contribution in [3.8, 4) is 11.3 Å². The molecule has 2 aromatic carbocycles. The summed E-state index contributed by atoms with van der Waals surface area (Å²) in [7, 11) is 0. The summed E-state index contributed by atoms with van der Waals surface area (Å²) in [6.45, 7) is 1.98. The molecule has 25 heavy (non-hydrogen) atoms. The molecule has 0 aliphatic rings. The van der Waals surface area contributed by atoms with E-state index in [2.05, 4.69) is 15.5 Å². The van der Waals surface area contributed by atoms with Crippen molar-refractivity contribution in [2.75, 3.05) is 5.75 Å². The quantitative estimate of drug-likeness (QED) is 0.680. The molecule has 0 bridgehead atoms. The van der Waals surface area contributed by atoms with Crippen LogP contribution in [0.15, 0.2) is 77.8 Å². The molecule has 1 N–H and O–H groups in total. The molecule has 1 heterocycles. The summed E-state index contributed by atoms with van der Waals surface area (Å²) in [4.78, 5) is 12.1. The van der Waals surface area contributed by atoms with E-state index in [1.54, 1.807) is 0 Å². The Morgan fingerprint density at radius 2 is 1.64 bits per heavy atom. The molecule has 0 saturated heterocycles. The first-order valence-electron chi connectivity index (χ1n) is 8.08. The topological polar surface area (TPSA) is 54.9 Å². The molecule has 1 amide bonds. The molecule has 1 aromatic heterocycles. The Bertz CT molecular complexity index is 807. The summed E-state index contributed by atoms with van der Waals surface area (Å²) in [5.74, 6) is 0.298. The Morgan fingerprint density at radius 3 is 2.28 bits per heavy atom. The number of carbonyl (C=O) groups excluding carboxylic acids is 1. The Kier molecular flexibility index (Phi) is 5.80. The number of hydrogen-bond acceptors (Lipinski definition) is 4. The minimum Gasteiger partial charge on any atom is -0.349 e. The average molecular weight is 349 g/mol. The smallest absolute Gasteiger partial charge is 0.230 e. The van der Waals surface area contributed by atoms with Gasteiger partial charge in [0.25, 0.3) is 0 Å². The van der Waals surface area contributed by atoms with Crippen LogP contribution in [0.4, 0.5) is 0 Å². The number of rotatable bonds is 6. The molecule has 126 valence electrons. The first-order valence-corrected chi connectivity index (χ1v) is 9.07. The van der Waals surface area contributed by atoms with E-state index in [0.29, 0.717) is 5.75 Å². The van der Waals surface area contributed by atoms with Gasteiger partial charge in [-0.3, -0.25) is 4.79 Å². The van der Waals surface area contributed by atoms with Gasteiger partial charge in [-0.2, -0.15) is 0 Å². The molecule has 1 atom stereocenters. The zero-order chi connectivity index (χ0) is 17.5. The normalized spacial score (nSPS) is 11.7. The van der Waals surface area contributed by atoms with Crippen LogP contribution in [0.3, 0.4) is 0 Å². The lowest BCUT2D eigenvalue weighted by atomic mass is 10.1. The Labute approximate surface area is 151 Å². The summed E-state index contributed by atoms with van der Waals surface area (Å²) >= 11 is 1.38. The minimum absolute atomic E-state index is 0.0131. The molecule has 3 aromatic rings. The fraction of sp³-hybridized carbons (Fsp3) is 0.150. The third kappa shape index (κ3) is 4.90. The van der Waals surface area contributed by atoms with Gasteiger partial charge in [-0.05, 0) is 24.6 Å². The summed E-state index contributed by atoms with van der Waals surface area (Å²) < 4.78 is 0. The first kappa shape index (κ1) is 17.2. The minimum atomic E-state index is -0.0183. The molecule has 0 saturated carbocycles. The van der Waals surface area contributed by atoms with Gasteiger partial charge in [0.1, 0.15) is 5.03 Å². The van der Waals surface area contributed by atoms with Gasteiger partial charge in [-0.25, -0.2) is 0 Å². The fourth-order valence-corrected chi connectivity index (χ4v) is 3.03. The van der Waals surface area contributed by atoms with Crippen LogP contribution in [0.5, 0.6) is 0 Å². The second kappa shape index (κ2) is 8.44. The van der Waals surface area contributed by atoms with Gasteiger partial charge in [-0.15, -0.1) is 10.2 Å². The second-order valence-corrected chi connectivity index (χ2v) is 6.61. The van der Waals surface area contributed by atoms with Crippen molar-refractivity contribution in [2.24, 2.45) is 0 Å². The Hall–Kier alpha value is -2.66. The number of hydrogen-bond donors (Lipinski definition) is 1. The Balaban J connectivity index is 1.52. The number of thioether (sulfide) groups is 1. The van der Waals surface area contributed by atoms with Gasteiger partial charge in [0.05, 0.1) is 17.5 Å². The monoisotopic (exact) mass is 349 g/mol. The highest BCUT2D eigenvalue weighted by molar-refractivity contribution is 7.99. The zero-order valence-corrected chi connectivity index (χ0v) is 14.7. The number of aromatic nitrogens is 2. The van der Waals surface area contributed by atoms with Crippen LogP contribution in [-0.4, -0.2) is 21.9 Å². The second-order valence-electron chi connectivity index (χ2n) is 5.61. The van der Waals surface area contributed by atoms with E-state index in [4.69, 9.17) is 0 Å². The van der Waals surface area contributed by atoms with Crippen molar-refractivity contribution >= 4 is 17.7 Å². The molecule has 0 aliphatic heterocycles. The lowest BCUT2D eigenvalue weighted by Crippen LogP contribution is -2.28. The van der Waals surface area contributed by atoms with Crippen molar-refractivity contribution in [3.05, 3.63) is 78.4 Å². The maximum Gasteiger partial charge on any atom is 0.230 e. The van der Waals surface area contributed by atoms with E-state index in [1.807, 2.05) is 79.7 Å². The molecular weight excluding hydrogens is 330 g/mol. The van der Waals surface area contributed by atoms with Gasteiger partial charge in [0.15, 0.2) is 0 Å². The van der Waals surface area contributed by atoms with Crippen molar-refractivity contribution in [2.45, 2.75) is 18.0 Å². The molecule has 1 unspecified atom stereocenters. The standard InChI is InChI=1S/C20H19N3OS/c1-15(16-8-4-2-5-9-16)21-19(24)14-25-20-13-12-18(22-23-20)17-10-6-3-7-11-17/h2-13,15H,14H2,1H3,(H,21,24). The van der Waals surface area contributed by atoms with E-state index in [1.165, 1.54) is 11.8 Å². The molecule has 0 radical (unpaired) electrons. The van der Waals surface area contributed by atoms with Gasteiger partial charge in [-0.1, -0.05) is 72.4 Å². The predicted octanol–water partition coefficient (Wildman–Crippen LogP) is 4.11. The fourth-order valence-electron chi connectivity index (χ4n) is 2.41. The lowest BCUT2D eigenvalue weighted by molar-refractivity contribution is -0.119. The van der Waals surface area contributed by atoms with Gasteiger partial charge in [0.2, 0.25) is 5.91 Å². The summed E-state index contributed by atoms with van der Waals surface area (Å²) in [6, 6.07) is 23.6. The third-order valence-corrected chi connectivity index (χ3v) is 4.66. The van der Waals surface area contributed by atoms with Gasteiger partial charge in [0, 0.05) is 5.56 Å². The van der Waals surface area contributed by atoms with Gasteiger partial charge >= 0.3 is 0 Å². The summed E-state index contributed by atoms with van der Waals surface area (Å²) in [6.07, 6.45) is 0. The SMILES string of the molecule is CC(NC(=O)CSc1ccc(-c2ccccc2)nn1)c1ccccc1. The number of nitrogens with one attached hydrogen (secondary N) is 1. The van der Waals surface area contributed by atoms with Crippen LogP contribution in [0, 0.1) is 0 Å². The predicted molar refractivity (Wildman–Crippen MR) is 101 cm³/mol. The zero-order valence-electron chi connectivity index (χ0n) is 13.9. The molecule has 0 aliphatic carbocycles. The van der Waals surface area contributed by atoms with Crippen molar-refractivity contribution in [3.63, 3.8) is 0 Å².